The Kier molecular flexibility index (Phi) is 3.47. The van der Waals surface area contributed by atoms with Crippen molar-refractivity contribution in [1.82, 2.24) is 24.8 Å². The molecule has 3 heterocycles. The summed E-state index contributed by atoms with van der Waals surface area (Å²) in [5.74, 6) is 0.469. The third kappa shape index (κ3) is 2.53. The van der Waals surface area contributed by atoms with Gasteiger partial charge in [0.2, 0.25) is 0 Å². The average Bonchev–Trinajstić information content (AvgIpc) is 3.18. The predicted molar refractivity (Wildman–Crippen MR) is 87.5 cm³/mol. The molecule has 5 nitrogen and oxygen atoms in total. The summed E-state index contributed by atoms with van der Waals surface area (Å²) >= 11 is 6.21. The van der Waals surface area contributed by atoms with Crippen LogP contribution in [0.25, 0.3) is 27.7 Å². The van der Waals surface area contributed by atoms with Crippen molar-refractivity contribution in [2.75, 3.05) is 0 Å². The zero-order valence-electron chi connectivity index (χ0n) is 12.9. The van der Waals surface area contributed by atoms with Crippen molar-refractivity contribution in [3.8, 4) is 11.1 Å². The molecule has 0 fully saturated rings. The van der Waals surface area contributed by atoms with Crippen LogP contribution >= 0.6 is 11.6 Å². The highest BCUT2D eigenvalue weighted by molar-refractivity contribution is 6.35. The van der Waals surface area contributed by atoms with E-state index in [2.05, 4.69) is 20.3 Å². The van der Waals surface area contributed by atoms with Crippen LogP contribution in [0.15, 0.2) is 30.6 Å². The first-order chi connectivity index (χ1) is 11.9. The van der Waals surface area contributed by atoms with Crippen LogP contribution in [0.2, 0.25) is 5.02 Å². The number of aromatic nitrogens is 5. The minimum Gasteiger partial charge on any atom is -0.276 e. The van der Waals surface area contributed by atoms with Crippen LogP contribution in [0.3, 0.4) is 0 Å². The number of H-pyrrole nitrogens is 1. The summed E-state index contributed by atoms with van der Waals surface area (Å²) in [6, 6.07) is 4.09. The van der Waals surface area contributed by atoms with E-state index < -0.39 is 11.7 Å². The predicted octanol–water partition coefficient (Wildman–Crippen LogP) is 4.51. The lowest BCUT2D eigenvalue weighted by molar-refractivity contribution is -0.137. The maximum absolute atomic E-state index is 13.6. The molecule has 1 N–H and O–H groups in total. The fourth-order valence-electron chi connectivity index (χ4n) is 2.82. The Morgan fingerprint density at radius 3 is 2.80 bits per heavy atom. The van der Waals surface area contributed by atoms with Crippen LogP contribution in [0.5, 0.6) is 0 Å². The Morgan fingerprint density at radius 2 is 2.08 bits per heavy atom. The van der Waals surface area contributed by atoms with Crippen LogP contribution in [0.1, 0.15) is 18.3 Å². The summed E-state index contributed by atoms with van der Waals surface area (Å²) in [5.41, 5.74) is 0.195. The molecule has 25 heavy (non-hydrogen) atoms. The van der Waals surface area contributed by atoms with E-state index >= 15 is 0 Å². The lowest BCUT2D eigenvalue weighted by atomic mass is 9.99. The van der Waals surface area contributed by atoms with Gasteiger partial charge in [0.1, 0.15) is 0 Å². The van der Waals surface area contributed by atoms with Crippen molar-refractivity contribution in [1.29, 1.82) is 0 Å². The summed E-state index contributed by atoms with van der Waals surface area (Å²) in [4.78, 5) is 4.26. The van der Waals surface area contributed by atoms with Gasteiger partial charge >= 0.3 is 6.18 Å². The van der Waals surface area contributed by atoms with Crippen LogP contribution in [-0.2, 0) is 12.6 Å². The second-order valence-electron chi connectivity index (χ2n) is 5.54. The van der Waals surface area contributed by atoms with E-state index in [0.29, 0.717) is 28.7 Å². The van der Waals surface area contributed by atoms with Gasteiger partial charge in [0.15, 0.2) is 11.5 Å². The molecule has 0 aliphatic heterocycles. The average molecular weight is 366 g/mol. The van der Waals surface area contributed by atoms with Crippen LogP contribution < -0.4 is 0 Å². The van der Waals surface area contributed by atoms with Gasteiger partial charge in [-0.05, 0) is 23.8 Å². The number of pyridine rings is 1. The van der Waals surface area contributed by atoms with Crippen LogP contribution in [0.4, 0.5) is 13.2 Å². The van der Waals surface area contributed by atoms with E-state index in [-0.39, 0.29) is 16.2 Å². The third-order valence-electron chi connectivity index (χ3n) is 3.96. The molecule has 4 aromatic rings. The number of nitrogens with zero attached hydrogens (tertiary/aromatic N) is 4. The van der Waals surface area contributed by atoms with Gasteiger partial charge in [0.05, 0.1) is 22.3 Å². The molecule has 128 valence electrons. The first kappa shape index (κ1) is 15.9. The minimum atomic E-state index is -4.53. The number of rotatable bonds is 2. The molecule has 0 saturated carbocycles. The Labute approximate surface area is 144 Å². The summed E-state index contributed by atoms with van der Waals surface area (Å²) in [6.07, 6.45) is -1.23. The summed E-state index contributed by atoms with van der Waals surface area (Å²) in [7, 11) is 0. The molecule has 0 radical (unpaired) electrons. The SMILES string of the molecule is CCc1nc2c(-c3cc(Cl)c4[nH]ncc4c3)c(C(F)(F)F)ccn2n1. The number of aromatic amines is 1. The zero-order chi connectivity index (χ0) is 17.8. The van der Waals surface area contributed by atoms with Crippen molar-refractivity contribution in [2.24, 2.45) is 0 Å². The molecule has 0 spiro atoms. The summed E-state index contributed by atoms with van der Waals surface area (Å²) in [6.45, 7) is 1.84. The van der Waals surface area contributed by atoms with E-state index in [1.807, 2.05) is 6.92 Å². The fourth-order valence-corrected chi connectivity index (χ4v) is 3.09. The fraction of sp³-hybridized carbons (Fsp3) is 0.188. The highest BCUT2D eigenvalue weighted by Gasteiger charge is 2.35. The van der Waals surface area contributed by atoms with Gasteiger partial charge in [-0.25, -0.2) is 9.50 Å². The number of hydrogen-bond acceptors (Lipinski definition) is 3. The minimum absolute atomic E-state index is 0.0489. The number of halogens is 4. The molecule has 0 bridgehead atoms. The number of aryl methyl sites for hydroxylation is 1. The molecule has 9 heteroatoms. The van der Waals surface area contributed by atoms with E-state index in [1.165, 1.54) is 23.0 Å². The summed E-state index contributed by atoms with van der Waals surface area (Å²) < 4.78 is 42.1. The van der Waals surface area contributed by atoms with E-state index in [9.17, 15) is 13.2 Å². The number of nitrogens with one attached hydrogen (secondary N) is 1. The van der Waals surface area contributed by atoms with Crippen molar-refractivity contribution in [3.63, 3.8) is 0 Å². The van der Waals surface area contributed by atoms with Gasteiger partial charge in [0, 0.05) is 23.6 Å². The monoisotopic (exact) mass is 365 g/mol. The van der Waals surface area contributed by atoms with Crippen molar-refractivity contribution in [2.45, 2.75) is 19.5 Å². The topological polar surface area (TPSA) is 58.9 Å². The molecular weight excluding hydrogens is 355 g/mol. The standard InChI is InChI=1S/C16H11ClF3N5/c1-2-12-22-15-13(10(16(18,19)20)3-4-25(15)24-12)8-5-9-7-21-23-14(9)11(17)6-8/h3-7H,2H2,1H3,(H,21,23). The van der Waals surface area contributed by atoms with Crippen molar-refractivity contribution < 1.29 is 13.2 Å². The lowest BCUT2D eigenvalue weighted by Gasteiger charge is -2.14. The van der Waals surface area contributed by atoms with Crippen LogP contribution in [0, 0.1) is 0 Å². The van der Waals surface area contributed by atoms with Crippen molar-refractivity contribution >= 4 is 28.2 Å². The molecule has 0 amide bonds. The number of alkyl halides is 3. The van der Waals surface area contributed by atoms with Gasteiger partial charge in [-0.1, -0.05) is 18.5 Å². The largest absolute Gasteiger partial charge is 0.417 e. The molecule has 0 aliphatic carbocycles. The number of fused-ring (bicyclic) bond motifs is 2. The van der Waals surface area contributed by atoms with Crippen molar-refractivity contribution in [3.05, 3.63) is 47.0 Å². The van der Waals surface area contributed by atoms with Crippen LogP contribution in [-0.4, -0.2) is 24.8 Å². The second-order valence-corrected chi connectivity index (χ2v) is 5.95. The Hall–Kier alpha value is -2.61. The van der Waals surface area contributed by atoms with Gasteiger partial charge in [-0.2, -0.15) is 23.4 Å². The van der Waals surface area contributed by atoms with Gasteiger partial charge in [-0.15, -0.1) is 0 Å². The third-order valence-corrected chi connectivity index (χ3v) is 4.26. The Bertz CT molecular complexity index is 1100. The molecular formula is C16H11ClF3N5. The summed E-state index contributed by atoms with van der Waals surface area (Å²) in [5, 5.41) is 11.7. The highest BCUT2D eigenvalue weighted by Crippen LogP contribution is 2.40. The first-order valence-electron chi connectivity index (χ1n) is 7.47. The normalized spacial score (nSPS) is 12.4. The maximum atomic E-state index is 13.6. The molecule has 4 rings (SSSR count). The quantitative estimate of drug-likeness (QED) is 0.568. The highest BCUT2D eigenvalue weighted by atomic mass is 35.5. The number of hydrogen-bond donors (Lipinski definition) is 1. The molecule has 0 atom stereocenters. The van der Waals surface area contributed by atoms with Gasteiger partial charge < -0.3 is 0 Å². The molecule has 0 saturated heterocycles. The van der Waals surface area contributed by atoms with E-state index in [4.69, 9.17) is 11.6 Å². The molecule has 0 aliphatic rings. The lowest BCUT2D eigenvalue weighted by Crippen LogP contribution is -2.09. The Morgan fingerprint density at radius 1 is 1.28 bits per heavy atom. The van der Waals surface area contributed by atoms with Gasteiger partial charge in [0.25, 0.3) is 0 Å². The Balaban J connectivity index is 2.10. The molecule has 0 unspecified atom stereocenters. The zero-order valence-corrected chi connectivity index (χ0v) is 13.7. The molecule has 1 aromatic carbocycles. The molecule has 3 aromatic heterocycles. The van der Waals surface area contributed by atoms with E-state index in [1.54, 1.807) is 6.07 Å². The number of benzene rings is 1. The maximum Gasteiger partial charge on any atom is 0.417 e. The van der Waals surface area contributed by atoms with E-state index in [0.717, 1.165) is 6.07 Å². The smallest absolute Gasteiger partial charge is 0.276 e. The first-order valence-corrected chi connectivity index (χ1v) is 7.84. The van der Waals surface area contributed by atoms with Gasteiger partial charge in [-0.3, -0.25) is 5.10 Å². The second kappa shape index (κ2) is 5.45.